The van der Waals surface area contributed by atoms with E-state index in [1.165, 1.54) is 31.2 Å². The minimum atomic E-state index is -0.328. The Morgan fingerprint density at radius 3 is 2.79 bits per heavy atom. The molecule has 3 aromatic carbocycles. The van der Waals surface area contributed by atoms with Crippen LogP contribution in [0.1, 0.15) is 11.1 Å². The Bertz CT molecular complexity index is 1260. The molecule has 1 N–H and O–H groups in total. The Kier molecular flexibility index (Phi) is 7.21. The number of carbonyl (C=O) groups excluding carboxylic acids is 1. The lowest BCUT2D eigenvalue weighted by molar-refractivity contribution is -0.118. The third-order valence-corrected chi connectivity index (χ3v) is 5.36. The van der Waals surface area contributed by atoms with Crippen LogP contribution >= 0.6 is 11.8 Å². The van der Waals surface area contributed by atoms with Crippen LogP contribution in [0.2, 0.25) is 0 Å². The number of hydrogen-bond donors (Lipinski definition) is 1. The zero-order valence-electron chi connectivity index (χ0n) is 17.7. The zero-order chi connectivity index (χ0) is 23.0. The van der Waals surface area contributed by atoms with Crippen LogP contribution in [0.4, 0.5) is 4.39 Å². The monoisotopic (exact) mass is 465 g/mol. The van der Waals surface area contributed by atoms with Gasteiger partial charge in [-0.15, -0.1) is 0 Å². The van der Waals surface area contributed by atoms with E-state index in [9.17, 15) is 9.18 Å². The summed E-state index contributed by atoms with van der Waals surface area (Å²) in [5.41, 5.74) is 5.02. The van der Waals surface area contributed by atoms with Crippen LogP contribution in [0.5, 0.6) is 11.5 Å². The number of aromatic nitrogens is 1. The Balaban J connectivity index is 1.30. The molecule has 0 fully saturated rings. The van der Waals surface area contributed by atoms with Crippen molar-refractivity contribution in [2.75, 3.05) is 12.9 Å². The fraction of sp³-hybridized carbons (Fsp3) is 0.125. The number of oxazole rings is 1. The average Bonchev–Trinajstić information content (AvgIpc) is 3.26. The van der Waals surface area contributed by atoms with Crippen molar-refractivity contribution >= 4 is 35.0 Å². The number of hydrogen-bond acceptors (Lipinski definition) is 7. The second-order valence-corrected chi connectivity index (χ2v) is 7.75. The van der Waals surface area contributed by atoms with Gasteiger partial charge >= 0.3 is 0 Å². The van der Waals surface area contributed by atoms with E-state index in [4.69, 9.17) is 13.9 Å². The number of carbonyl (C=O) groups is 1. The topological polar surface area (TPSA) is 86.0 Å². The van der Waals surface area contributed by atoms with Crippen molar-refractivity contribution in [3.63, 3.8) is 0 Å². The molecule has 1 aromatic heterocycles. The van der Waals surface area contributed by atoms with E-state index in [1.807, 2.05) is 24.3 Å². The number of methoxy groups -OCH3 is 1. The summed E-state index contributed by atoms with van der Waals surface area (Å²) < 4.78 is 30.4. The van der Waals surface area contributed by atoms with Crippen LogP contribution in [-0.4, -0.2) is 30.0 Å². The fourth-order valence-electron chi connectivity index (χ4n) is 2.91. The van der Waals surface area contributed by atoms with Crippen molar-refractivity contribution in [2.45, 2.75) is 11.8 Å². The molecule has 0 bridgehead atoms. The molecular formula is C24H20FN3O4S. The highest BCUT2D eigenvalue weighted by atomic mass is 32.2. The van der Waals surface area contributed by atoms with E-state index in [0.29, 0.717) is 33.4 Å². The summed E-state index contributed by atoms with van der Waals surface area (Å²) in [7, 11) is 1.51. The maximum Gasteiger partial charge on any atom is 0.257 e. The van der Waals surface area contributed by atoms with Gasteiger partial charge in [-0.3, -0.25) is 4.79 Å². The van der Waals surface area contributed by atoms with Crippen molar-refractivity contribution < 1.29 is 23.1 Å². The summed E-state index contributed by atoms with van der Waals surface area (Å²) in [5.74, 6) is 0.418. The maximum absolute atomic E-state index is 13.8. The lowest BCUT2D eigenvalue weighted by Gasteiger charge is -2.11. The van der Waals surface area contributed by atoms with E-state index < -0.39 is 0 Å². The molecule has 4 aromatic rings. The predicted molar refractivity (Wildman–Crippen MR) is 124 cm³/mol. The molecule has 0 radical (unpaired) electrons. The standard InChI is InChI=1S/C24H20FN3O4S/c1-30-22-12-16(10-11-21(22)31-14-17-6-2-3-7-18(17)25)13-26-28-23(29)15-33-24-27-19-8-4-5-9-20(19)32-24/h2-13H,14-15H2,1H3,(H,28,29)/b26-13-. The number of para-hydroxylation sites is 2. The first-order chi connectivity index (χ1) is 16.1. The quantitative estimate of drug-likeness (QED) is 0.217. The summed E-state index contributed by atoms with van der Waals surface area (Å²) in [6.45, 7) is 0.0737. The molecule has 168 valence electrons. The summed E-state index contributed by atoms with van der Waals surface area (Å²) in [4.78, 5) is 16.4. The first-order valence-corrected chi connectivity index (χ1v) is 11.0. The van der Waals surface area contributed by atoms with E-state index in [1.54, 1.807) is 36.4 Å². The summed E-state index contributed by atoms with van der Waals surface area (Å²) in [6, 6.07) is 19.0. The van der Waals surface area contributed by atoms with Gasteiger partial charge in [-0.25, -0.2) is 14.8 Å². The van der Waals surface area contributed by atoms with Crippen molar-refractivity contribution in [1.29, 1.82) is 0 Å². The molecule has 0 spiro atoms. The molecule has 0 aliphatic carbocycles. The highest BCUT2D eigenvalue weighted by Gasteiger charge is 2.10. The van der Waals surface area contributed by atoms with Crippen molar-refractivity contribution in [3.05, 3.63) is 83.7 Å². The van der Waals surface area contributed by atoms with Crippen LogP contribution in [0, 0.1) is 5.82 Å². The molecule has 1 heterocycles. The molecule has 0 atom stereocenters. The predicted octanol–water partition coefficient (Wildman–Crippen LogP) is 4.80. The van der Waals surface area contributed by atoms with Gasteiger partial charge < -0.3 is 13.9 Å². The Labute approximate surface area is 193 Å². The number of nitrogens with one attached hydrogen (secondary N) is 1. The Hall–Kier alpha value is -3.85. The number of halogens is 1. The van der Waals surface area contributed by atoms with Gasteiger partial charge in [0.1, 0.15) is 17.9 Å². The largest absolute Gasteiger partial charge is 0.493 e. The normalized spacial score (nSPS) is 11.1. The number of ether oxygens (including phenoxy) is 2. The van der Waals surface area contributed by atoms with E-state index in [-0.39, 0.29) is 24.1 Å². The minimum absolute atomic E-state index is 0.0737. The molecule has 0 aliphatic heterocycles. The summed E-state index contributed by atoms with van der Waals surface area (Å²) >= 11 is 1.19. The first-order valence-electron chi connectivity index (χ1n) is 9.97. The molecule has 7 nitrogen and oxygen atoms in total. The third-order valence-electron chi connectivity index (χ3n) is 4.53. The van der Waals surface area contributed by atoms with Crippen LogP contribution in [0.25, 0.3) is 11.1 Å². The van der Waals surface area contributed by atoms with Crippen LogP contribution < -0.4 is 14.9 Å². The third kappa shape index (κ3) is 5.89. The molecular weight excluding hydrogens is 445 g/mol. The van der Waals surface area contributed by atoms with Crippen LogP contribution in [0.3, 0.4) is 0 Å². The Morgan fingerprint density at radius 2 is 1.97 bits per heavy atom. The average molecular weight is 466 g/mol. The van der Waals surface area contributed by atoms with Crippen LogP contribution in [-0.2, 0) is 11.4 Å². The molecule has 33 heavy (non-hydrogen) atoms. The molecule has 0 unspecified atom stereocenters. The number of nitrogens with zero attached hydrogens (tertiary/aromatic N) is 2. The maximum atomic E-state index is 13.8. The lowest BCUT2D eigenvalue weighted by atomic mass is 10.2. The zero-order valence-corrected chi connectivity index (χ0v) is 18.5. The van der Waals surface area contributed by atoms with Crippen molar-refractivity contribution in [3.8, 4) is 11.5 Å². The van der Waals surface area contributed by atoms with Gasteiger partial charge in [0, 0.05) is 5.56 Å². The van der Waals surface area contributed by atoms with E-state index in [0.717, 1.165) is 5.52 Å². The minimum Gasteiger partial charge on any atom is -0.493 e. The van der Waals surface area contributed by atoms with Crippen LogP contribution in [0.15, 0.2) is 81.5 Å². The van der Waals surface area contributed by atoms with Gasteiger partial charge in [0.2, 0.25) is 0 Å². The summed E-state index contributed by atoms with van der Waals surface area (Å²) in [5, 5.41) is 4.39. The second-order valence-electron chi connectivity index (χ2n) is 6.82. The van der Waals surface area contributed by atoms with Gasteiger partial charge in [0.15, 0.2) is 17.1 Å². The molecule has 9 heteroatoms. The van der Waals surface area contributed by atoms with E-state index in [2.05, 4.69) is 15.5 Å². The highest BCUT2D eigenvalue weighted by molar-refractivity contribution is 7.99. The van der Waals surface area contributed by atoms with Crippen molar-refractivity contribution in [2.24, 2.45) is 5.10 Å². The molecule has 0 saturated carbocycles. The SMILES string of the molecule is COc1cc(/C=N\NC(=O)CSc2nc3ccccc3o2)ccc1OCc1ccccc1F. The van der Waals surface area contributed by atoms with Crippen molar-refractivity contribution in [1.82, 2.24) is 10.4 Å². The van der Waals surface area contributed by atoms with Gasteiger partial charge in [-0.05, 0) is 42.0 Å². The smallest absolute Gasteiger partial charge is 0.257 e. The number of amides is 1. The number of rotatable bonds is 9. The second kappa shape index (κ2) is 10.6. The van der Waals surface area contributed by atoms with E-state index >= 15 is 0 Å². The molecule has 0 saturated heterocycles. The molecule has 1 amide bonds. The molecule has 0 aliphatic rings. The first kappa shape index (κ1) is 22.3. The van der Waals surface area contributed by atoms with Gasteiger partial charge in [0.05, 0.1) is 19.1 Å². The van der Waals surface area contributed by atoms with Gasteiger partial charge in [0.25, 0.3) is 11.1 Å². The number of hydrazone groups is 1. The number of benzene rings is 3. The number of thioether (sulfide) groups is 1. The van der Waals surface area contributed by atoms with Gasteiger partial charge in [-0.1, -0.05) is 42.1 Å². The summed E-state index contributed by atoms with van der Waals surface area (Å²) in [6.07, 6.45) is 1.49. The Morgan fingerprint density at radius 1 is 1.15 bits per heavy atom. The van der Waals surface area contributed by atoms with Gasteiger partial charge in [-0.2, -0.15) is 5.10 Å². The highest BCUT2D eigenvalue weighted by Crippen LogP contribution is 2.28. The molecule has 4 rings (SSSR count). The number of fused-ring (bicyclic) bond motifs is 1. The fourth-order valence-corrected chi connectivity index (χ4v) is 3.54. The lowest BCUT2D eigenvalue weighted by Crippen LogP contribution is -2.19.